The first-order chi connectivity index (χ1) is 8.16. The van der Waals surface area contributed by atoms with Gasteiger partial charge in [0.05, 0.1) is 5.69 Å². The summed E-state index contributed by atoms with van der Waals surface area (Å²) in [5.41, 5.74) is 1.97. The molecule has 0 radical (unpaired) electrons. The van der Waals surface area contributed by atoms with Crippen molar-refractivity contribution in [1.82, 2.24) is 0 Å². The Kier molecular flexibility index (Phi) is 3.38. The first kappa shape index (κ1) is 11.6. The minimum Gasteiger partial charge on any atom is -0.379 e. The van der Waals surface area contributed by atoms with Gasteiger partial charge in [0.15, 0.2) is 0 Å². The summed E-state index contributed by atoms with van der Waals surface area (Å²) in [7, 11) is 0. The second kappa shape index (κ2) is 4.95. The predicted molar refractivity (Wildman–Crippen MR) is 64.9 cm³/mol. The lowest BCUT2D eigenvalue weighted by molar-refractivity contribution is 0.617. The quantitative estimate of drug-likeness (QED) is 0.848. The Balaban J connectivity index is 2.08. The van der Waals surface area contributed by atoms with Crippen LogP contribution < -0.4 is 5.32 Å². The topological polar surface area (TPSA) is 12.0 Å². The largest absolute Gasteiger partial charge is 0.379 e. The standard InChI is InChI=1S/C14H13F2N/c1-10-8-11(6-7-12(10)15)9-17-14-5-3-2-4-13(14)16/h2-8,17H,9H2,1H3. The molecule has 1 N–H and O–H groups in total. The molecule has 0 spiro atoms. The molecule has 0 aliphatic carbocycles. The van der Waals surface area contributed by atoms with Gasteiger partial charge in [-0.1, -0.05) is 24.3 Å². The molecule has 3 heteroatoms. The maximum atomic E-state index is 13.3. The lowest BCUT2D eigenvalue weighted by Gasteiger charge is -2.08. The van der Waals surface area contributed by atoms with Gasteiger partial charge in [0, 0.05) is 6.54 Å². The fourth-order valence-corrected chi connectivity index (χ4v) is 1.62. The van der Waals surface area contributed by atoms with E-state index in [0.717, 1.165) is 5.56 Å². The van der Waals surface area contributed by atoms with Crippen LogP contribution in [0.2, 0.25) is 0 Å². The van der Waals surface area contributed by atoms with Crippen molar-refractivity contribution < 1.29 is 8.78 Å². The van der Waals surface area contributed by atoms with E-state index in [2.05, 4.69) is 5.32 Å². The molecular weight excluding hydrogens is 220 g/mol. The highest BCUT2D eigenvalue weighted by Gasteiger charge is 2.01. The second-order valence-corrected chi connectivity index (χ2v) is 3.92. The van der Waals surface area contributed by atoms with Crippen molar-refractivity contribution in [3.63, 3.8) is 0 Å². The first-order valence-electron chi connectivity index (χ1n) is 5.40. The van der Waals surface area contributed by atoms with Gasteiger partial charge >= 0.3 is 0 Å². The van der Waals surface area contributed by atoms with Crippen molar-refractivity contribution in [2.45, 2.75) is 13.5 Å². The average molecular weight is 233 g/mol. The van der Waals surface area contributed by atoms with E-state index in [-0.39, 0.29) is 11.6 Å². The third-order valence-electron chi connectivity index (χ3n) is 2.58. The number of aryl methyl sites for hydroxylation is 1. The molecule has 0 unspecified atom stereocenters. The Bertz CT molecular complexity index is 523. The molecule has 0 heterocycles. The van der Waals surface area contributed by atoms with Gasteiger partial charge in [0.25, 0.3) is 0 Å². The molecule has 0 atom stereocenters. The van der Waals surface area contributed by atoms with Gasteiger partial charge in [-0.3, -0.25) is 0 Å². The van der Waals surface area contributed by atoms with Crippen LogP contribution in [0.25, 0.3) is 0 Å². The second-order valence-electron chi connectivity index (χ2n) is 3.92. The highest BCUT2D eigenvalue weighted by Crippen LogP contribution is 2.15. The number of nitrogens with one attached hydrogen (secondary N) is 1. The van der Waals surface area contributed by atoms with Crippen molar-refractivity contribution in [2.24, 2.45) is 0 Å². The van der Waals surface area contributed by atoms with Crippen LogP contribution in [-0.2, 0) is 6.54 Å². The predicted octanol–water partition coefficient (Wildman–Crippen LogP) is 3.89. The van der Waals surface area contributed by atoms with E-state index in [4.69, 9.17) is 0 Å². The molecule has 1 nitrogen and oxygen atoms in total. The maximum absolute atomic E-state index is 13.3. The number of benzene rings is 2. The van der Waals surface area contributed by atoms with Crippen LogP contribution in [0.5, 0.6) is 0 Å². The summed E-state index contributed by atoms with van der Waals surface area (Å²) in [6.45, 7) is 2.18. The van der Waals surface area contributed by atoms with Crippen molar-refractivity contribution in [1.29, 1.82) is 0 Å². The van der Waals surface area contributed by atoms with Crippen LogP contribution in [0.3, 0.4) is 0 Å². The van der Waals surface area contributed by atoms with E-state index in [1.807, 2.05) is 0 Å². The Morgan fingerprint density at radius 1 is 1.00 bits per heavy atom. The third kappa shape index (κ3) is 2.81. The van der Waals surface area contributed by atoms with E-state index in [1.165, 1.54) is 12.1 Å². The van der Waals surface area contributed by atoms with Crippen LogP contribution >= 0.6 is 0 Å². The average Bonchev–Trinajstić information content (AvgIpc) is 2.32. The summed E-state index contributed by atoms with van der Waals surface area (Å²) in [4.78, 5) is 0. The van der Waals surface area contributed by atoms with Crippen LogP contribution in [0.4, 0.5) is 14.5 Å². The summed E-state index contributed by atoms with van der Waals surface area (Å²) in [5, 5.41) is 2.98. The number of hydrogen-bond donors (Lipinski definition) is 1. The number of hydrogen-bond acceptors (Lipinski definition) is 1. The number of halogens is 2. The van der Waals surface area contributed by atoms with Gasteiger partial charge in [-0.2, -0.15) is 0 Å². The van der Waals surface area contributed by atoms with E-state index in [9.17, 15) is 8.78 Å². The Morgan fingerprint density at radius 2 is 1.76 bits per heavy atom. The van der Waals surface area contributed by atoms with Crippen molar-refractivity contribution in [3.8, 4) is 0 Å². The minimum atomic E-state index is -0.286. The fraction of sp³-hybridized carbons (Fsp3) is 0.143. The zero-order valence-corrected chi connectivity index (χ0v) is 9.50. The lowest BCUT2D eigenvalue weighted by Crippen LogP contribution is -2.01. The third-order valence-corrected chi connectivity index (χ3v) is 2.58. The molecule has 2 rings (SSSR count). The van der Waals surface area contributed by atoms with E-state index < -0.39 is 0 Å². The lowest BCUT2D eigenvalue weighted by atomic mass is 10.1. The van der Waals surface area contributed by atoms with Gasteiger partial charge in [0.2, 0.25) is 0 Å². The molecule has 88 valence electrons. The van der Waals surface area contributed by atoms with Crippen LogP contribution in [0.1, 0.15) is 11.1 Å². The normalized spacial score (nSPS) is 10.3. The Hall–Kier alpha value is -1.90. The molecule has 0 aromatic heterocycles. The van der Waals surface area contributed by atoms with Crippen molar-refractivity contribution in [2.75, 3.05) is 5.32 Å². The van der Waals surface area contributed by atoms with E-state index >= 15 is 0 Å². The molecule has 0 aliphatic heterocycles. The summed E-state index contributed by atoms with van der Waals surface area (Å²) in [6.07, 6.45) is 0. The molecule has 0 amide bonds. The summed E-state index contributed by atoms with van der Waals surface area (Å²) in [6, 6.07) is 11.3. The molecular formula is C14H13F2N. The molecule has 0 fully saturated rings. The monoisotopic (exact) mass is 233 g/mol. The maximum Gasteiger partial charge on any atom is 0.146 e. The zero-order valence-electron chi connectivity index (χ0n) is 9.50. The van der Waals surface area contributed by atoms with Crippen molar-refractivity contribution in [3.05, 3.63) is 65.2 Å². The number of anilines is 1. The molecule has 0 saturated carbocycles. The molecule has 0 bridgehead atoms. The van der Waals surface area contributed by atoms with E-state index in [1.54, 1.807) is 37.3 Å². The van der Waals surface area contributed by atoms with E-state index in [0.29, 0.717) is 17.8 Å². The smallest absolute Gasteiger partial charge is 0.146 e. The molecule has 0 saturated heterocycles. The summed E-state index contributed by atoms with van der Waals surface area (Å²) >= 11 is 0. The van der Waals surface area contributed by atoms with Crippen LogP contribution in [-0.4, -0.2) is 0 Å². The van der Waals surface area contributed by atoms with Crippen LogP contribution in [0, 0.1) is 18.6 Å². The molecule has 0 aliphatic rings. The number of para-hydroxylation sites is 1. The highest BCUT2D eigenvalue weighted by molar-refractivity contribution is 5.45. The molecule has 17 heavy (non-hydrogen) atoms. The minimum absolute atomic E-state index is 0.223. The van der Waals surface area contributed by atoms with Gasteiger partial charge in [-0.25, -0.2) is 8.78 Å². The first-order valence-corrected chi connectivity index (χ1v) is 5.40. The molecule has 2 aromatic rings. The number of rotatable bonds is 3. The van der Waals surface area contributed by atoms with Gasteiger partial charge in [0.1, 0.15) is 11.6 Å². The van der Waals surface area contributed by atoms with Crippen molar-refractivity contribution >= 4 is 5.69 Å². The SMILES string of the molecule is Cc1cc(CNc2ccccc2F)ccc1F. The van der Waals surface area contributed by atoms with Gasteiger partial charge < -0.3 is 5.32 Å². The Morgan fingerprint density at radius 3 is 2.47 bits per heavy atom. The highest BCUT2D eigenvalue weighted by atomic mass is 19.1. The van der Waals surface area contributed by atoms with Gasteiger partial charge in [-0.05, 0) is 36.2 Å². The molecule has 2 aromatic carbocycles. The fourth-order valence-electron chi connectivity index (χ4n) is 1.62. The zero-order chi connectivity index (χ0) is 12.3. The summed E-state index contributed by atoms with van der Waals surface area (Å²) in [5.74, 6) is -0.508. The van der Waals surface area contributed by atoms with Crippen LogP contribution in [0.15, 0.2) is 42.5 Å². The van der Waals surface area contributed by atoms with Gasteiger partial charge in [-0.15, -0.1) is 0 Å². The summed E-state index contributed by atoms with van der Waals surface area (Å²) < 4.78 is 26.4. The Labute approximate surface area is 99.1 Å².